The number of pyridine rings is 1. The summed E-state index contributed by atoms with van der Waals surface area (Å²) < 4.78 is 38.1. The summed E-state index contributed by atoms with van der Waals surface area (Å²) in [6.07, 6.45) is 2.37. The van der Waals surface area contributed by atoms with Crippen LogP contribution in [0, 0.1) is 0 Å². The molecule has 8 heteroatoms. The summed E-state index contributed by atoms with van der Waals surface area (Å²) in [6, 6.07) is 9.12. The van der Waals surface area contributed by atoms with Gasteiger partial charge in [0.25, 0.3) is 5.82 Å². The first-order valence-corrected chi connectivity index (χ1v) is 11.5. The Morgan fingerprint density at radius 3 is 2.10 bits per heavy atom. The lowest BCUT2D eigenvalue weighted by Crippen LogP contribution is -2.42. The van der Waals surface area contributed by atoms with E-state index in [0.717, 1.165) is 24.3 Å². The van der Waals surface area contributed by atoms with Crippen molar-refractivity contribution in [2.75, 3.05) is 32.7 Å². The molecule has 0 radical (unpaired) electrons. The summed E-state index contributed by atoms with van der Waals surface area (Å²) in [5, 5.41) is 0. The molecule has 0 aliphatic rings. The number of ether oxygens (including phenoxy) is 2. The van der Waals surface area contributed by atoms with Gasteiger partial charge in [0.15, 0.2) is 11.5 Å². The molecular formula is C22H34N3O4S+. The molecule has 0 saturated carbocycles. The van der Waals surface area contributed by atoms with Crippen molar-refractivity contribution in [2.24, 2.45) is 0 Å². The molecule has 0 bridgehead atoms. The Bertz CT molecular complexity index is 920. The molecule has 0 unspecified atom stereocenters. The van der Waals surface area contributed by atoms with E-state index < -0.39 is 10.0 Å². The molecule has 0 fully saturated rings. The smallest absolute Gasteiger partial charge is 0.274 e. The van der Waals surface area contributed by atoms with Gasteiger partial charge < -0.3 is 9.47 Å². The molecule has 166 valence electrons. The minimum atomic E-state index is -3.55. The number of hydrogen-bond acceptors (Lipinski definition) is 5. The van der Waals surface area contributed by atoms with Gasteiger partial charge in [-0.2, -0.15) is 4.31 Å². The Hall–Kier alpha value is -2.32. The number of nitrogens with one attached hydrogen (secondary N) is 1. The topological polar surface area (TPSA) is 73.2 Å². The molecule has 2 aromatic rings. The second kappa shape index (κ2) is 10.1. The van der Waals surface area contributed by atoms with Crippen LogP contribution in [0.25, 0.3) is 0 Å². The highest BCUT2D eigenvalue weighted by molar-refractivity contribution is 7.89. The van der Waals surface area contributed by atoms with Crippen LogP contribution in [0.4, 0.5) is 5.82 Å². The molecule has 0 spiro atoms. The number of methoxy groups -OCH3 is 2. The quantitative estimate of drug-likeness (QED) is 0.572. The van der Waals surface area contributed by atoms with E-state index in [4.69, 9.17) is 9.47 Å². The van der Waals surface area contributed by atoms with Gasteiger partial charge in [-0.25, -0.2) is 13.4 Å². The van der Waals surface area contributed by atoms with Gasteiger partial charge in [-0.05, 0) is 51.5 Å². The summed E-state index contributed by atoms with van der Waals surface area (Å²) in [5.41, 5.74) is 1.13. The maximum absolute atomic E-state index is 13.0. The number of anilines is 1. The minimum Gasteiger partial charge on any atom is -0.493 e. The summed E-state index contributed by atoms with van der Waals surface area (Å²) in [4.78, 5) is 5.45. The number of rotatable bonds is 10. The van der Waals surface area contributed by atoms with Crippen LogP contribution in [-0.4, -0.2) is 52.6 Å². The fraction of sp³-hybridized carbons (Fsp3) is 0.500. The van der Waals surface area contributed by atoms with E-state index >= 15 is 0 Å². The van der Waals surface area contributed by atoms with Gasteiger partial charge in [-0.1, -0.05) is 6.07 Å². The van der Waals surface area contributed by atoms with Crippen LogP contribution >= 0.6 is 0 Å². The Kier molecular flexibility index (Phi) is 8.09. The van der Waals surface area contributed by atoms with Crippen LogP contribution in [0.15, 0.2) is 41.4 Å². The number of aromatic amines is 1. The number of aromatic nitrogens is 1. The lowest BCUT2D eigenvalue weighted by atomic mass is 10.1. The highest BCUT2D eigenvalue weighted by Gasteiger charge is 2.30. The number of likely N-dealkylation sites (N-methyl/N-ethyl adjacent to an activating group) is 1. The monoisotopic (exact) mass is 436 g/mol. The number of benzene rings is 1. The van der Waals surface area contributed by atoms with E-state index in [1.54, 1.807) is 32.5 Å². The van der Waals surface area contributed by atoms with Gasteiger partial charge in [0.1, 0.15) is 11.1 Å². The van der Waals surface area contributed by atoms with Crippen molar-refractivity contribution in [1.82, 2.24) is 4.31 Å². The van der Waals surface area contributed by atoms with E-state index in [0.29, 0.717) is 11.5 Å². The SMILES string of the molecule is COc1ccc(CCN(C)c2ccc(S(=O)(=O)N(C(C)C)C(C)C)c[nH+]2)cc1OC. The van der Waals surface area contributed by atoms with Crippen LogP contribution in [0.2, 0.25) is 0 Å². The van der Waals surface area contributed by atoms with Gasteiger partial charge in [0, 0.05) is 24.6 Å². The molecule has 1 N–H and O–H groups in total. The Morgan fingerprint density at radius 2 is 1.60 bits per heavy atom. The van der Waals surface area contributed by atoms with E-state index in [2.05, 4.69) is 9.88 Å². The number of sulfonamides is 1. The Labute approximate surface area is 180 Å². The zero-order valence-corrected chi connectivity index (χ0v) is 19.8. The van der Waals surface area contributed by atoms with Crippen LogP contribution < -0.4 is 19.4 Å². The highest BCUT2D eigenvalue weighted by atomic mass is 32.2. The number of H-pyrrole nitrogens is 1. The second-order valence-corrected chi connectivity index (χ2v) is 9.64. The van der Waals surface area contributed by atoms with Gasteiger partial charge in [0.2, 0.25) is 10.0 Å². The molecular weight excluding hydrogens is 402 g/mol. The van der Waals surface area contributed by atoms with Crippen molar-refractivity contribution in [2.45, 2.75) is 51.1 Å². The molecule has 7 nitrogen and oxygen atoms in total. The molecule has 1 heterocycles. The first-order chi connectivity index (χ1) is 14.1. The molecule has 2 rings (SSSR count). The van der Waals surface area contributed by atoms with Crippen molar-refractivity contribution in [3.05, 3.63) is 42.1 Å². The number of nitrogens with zero attached hydrogens (tertiary/aromatic N) is 2. The fourth-order valence-corrected chi connectivity index (χ4v) is 5.33. The van der Waals surface area contributed by atoms with Crippen molar-refractivity contribution in [3.8, 4) is 11.5 Å². The van der Waals surface area contributed by atoms with Crippen molar-refractivity contribution >= 4 is 15.8 Å². The van der Waals surface area contributed by atoms with Gasteiger partial charge in [-0.15, -0.1) is 0 Å². The van der Waals surface area contributed by atoms with Crippen LogP contribution in [0.1, 0.15) is 33.3 Å². The van der Waals surface area contributed by atoms with Crippen molar-refractivity contribution in [1.29, 1.82) is 0 Å². The van der Waals surface area contributed by atoms with E-state index in [1.165, 1.54) is 4.31 Å². The summed E-state index contributed by atoms with van der Waals surface area (Å²) >= 11 is 0. The molecule has 0 aliphatic carbocycles. The normalized spacial score (nSPS) is 11.9. The number of hydrogen-bond donors (Lipinski definition) is 0. The fourth-order valence-electron chi connectivity index (χ4n) is 3.53. The predicted octanol–water partition coefficient (Wildman–Crippen LogP) is 3.00. The van der Waals surface area contributed by atoms with Crippen LogP contribution in [0.3, 0.4) is 0 Å². The first-order valence-electron chi connectivity index (χ1n) is 10.1. The third-order valence-corrected chi connectivity index (χ3v) is 7.20. The molecule has 0 amide bonds. The molecule has 1 aromatic carbocycles. The van der Waals surface area contributed by atoms with Gasteiger partial charge in [0.05, 0.1) is 27.8 Å². The molecule has 0 atom stereocenters. The zero-order chi connectivity index (χ0) is 22.5. The highest BCUT2D eigenvalue weighted by Crippen LogP contribution is 2.28. The van der Waals surface area contributed by atoms with Crippen molar-refractivity contribution < 1.29 is 22.9 Å². The standard InChI is InChI=1S/C22H33N3O4S/c1-16(2)25(17(3)4)30(26,27)19-9-11-22(23-15-19)24(5)13-12-18-8-10-20(28-6)21(14-18)29-7/h8-11,14-17H,12-13H2,1-7H3/p+1. The maximum atomic E-state index is 13.0. The van der Waals surface area contributed by atoms with Gasteiger partial charge >= 0.3 is 0 Å². The van der Waals surface area contributed by atoms with Crippen LogP contribution in [0.5, 0.6) is 11.5 Å². The third-order valence-electron chi connectivity index (χ3n) is 4.96. The maximum Gasteiger partial charge on any atom is 0.274 e. The molecule has 0 aliphatic heterocycles. The van der Waals surface area contributed by atoms with E-state index in [1.807, 2.05) is 52.9 Å². The zero-order valence-electron chi connectivity index (χ0n) is 19.0. The molecule has 30 heavy (non-hydrogen) atoms. The molecule has 0 saturated heterocycles. The average molecular weight is 437 g/mol. The summed E-state index contributed by atoms with van der Waals surface area (Å²) in [6.45, 7) is 8.30. The molecule has 1 aromatic heterocycles. The Morgan fingerprint density at radius 1 is 0.967 bits per heavy atom. The lowest BCUT2D eigenvalue weighted by Gasteiger charge is -2.29. The minimum absolute atomic E-state index is 0.112. The third kappa shape index (κ3) is 5.43. The van der Waals surface area contributed by atoms with E-state index in [-0.39, 0.29) is 17.0 Å². The average Bonchev–Trinajstić information content (AvgIpc) is 2.70. The van der Waals surface area contributed by atoms with Gasteiger partial charge in [-0.3, -0.25) is 4.90 Å². The largest absolute Gasteiger partial charge is 0.493 e. The van der Waals surface area contributed by atoms with Crippen LogP contribution in [-0.2, 0) is 16.4 Å². The summed E-state index contributed by atoms with van der Waals surface area (Å²) in [7, 11) is 1.65. The summed E-state index contributed by atoms with van der Waals surface area (Å²) in [5.74, 6) is 2.25. The predicted molar refractivity (Wildman–Crippen MR) is 119 cm³/mol. The van der Waals surface area contributed by atoms with E-state index in [9.17, 15) is 8.42 Å². The lowest BCUT2D eigenvalue weighted by molar-refractivity contribution is -0.367. The second-order valence-electron chi connectivity index (χ2n) is 7.79. The Balaban J connectivity index is 2.11. The van der Waals surface area contributed by atoms with Crippen molar-refractivity contribution in [3.63, 3.8) is 0 Å². The first kappa shape index (κ1) is 24.0.